The zero-order chi connectivity index (χ0) is 12.1. The summed E-state index contributed by atoms with van der Waals surface area (Å²) in [4.78, 5) is 24.9. The number of likely N-dealkylation sites (N-methyl/N-ethyl adjacent to an activating group) is 1. The Balaban J connectivity index is 2.74. The second kappa shape index (κ2) is 3.15. The van der Waals surface area contributed by atoms with Gasteiger partial charge in [0.1, 0.15) is 5.54 Å². The first-order valence-electron chi connectivity index (χ1n) is 5.08. The maximum Gasteiger partial charge on any atom is 0.296 e. The third-order valence-electron chi connectivity index (χ3n) is 3.04. The molecule has 0 bridgehead atoms. The second-order valence-electron chi connectivity index (χ2n) is 4.42. The highest BCUT2D eigenvalue weighted by molar-refractivity contribution is 6.45. The van der Waals surface area contributed by atoms with Crippen molar-refractivity contribution in [1.29, 1.82) is 0 Å². The van der Waals surface area contributed by atoms with Crippen LogP contribution in [0.1, 0.15) is 18.1 Å². The Kier molecular flexibility index (Phi) is 2.13. The SMILES string of the molecule is Cc1ccc2c(c1)C(C)(N)C(=O)C(=O)N2C. The van der Waals surface area contributed by atoms with Crippen LogP contribution in [-0.4, -0.2) is 18.7 Å². The molecule has 2 N–H and O–H groups in total. The van der Waals surface area contributed by atoms with Crippen molar-refractivity contribution < 1.29 is 9.59 Å². The summed E-state index contributed by atoms with van der Waals surface area (Å²) in [6.45, 7) is 3.51. The normalized spacial score (nSPS) is 24.6. The van der Waals surface area contributed by atoms with E-state index in [-0.39, 0.29) is 0 Å². The number of rotatable bonds is 0. The second-order valence-corrected chi connectivity index (χ2v) is 4.42. The van der Waals surface area contributed by atoms with Crippen molar-refractivity contribution in [2.24, 2.45) is 5.73 Å². The minimum Gasteiger partial charge on any atom is -0.315 e. The Morgan fingerprint density at radius 3 is 2.56 bits per heavy atom. The zero-order valence-electron chi connectivity index (χ0n) is 9.57. The van der Waals surface area contributed by atoms with Gasteiger partial charge >= 0.3 is 0 Å². The molecule has 1 aliphatic heterocycles. The fraction of sp³-hybridized carbons (Fsp3) is 0.333. The van der Waals surface area contributed by atoms with E-state index in [2.05, 4.69) is 0 Å². The molecule has 0 spiro atoms. The van der Waals surface area contributed by atoms with Crippen LogP contribution in [0.15, 0.2) is 18.2 Å². The number of ketones is 1. The van der Waals surface area contributed by atoms with Gasteiger partial charge < -0.3 is 10.6 Å². The van der Waals surface area contributed by atoms with Crippen molar-refractivity contribution in [3.8, 4) is 0 Å². The number of amides is 1. The van der Waals surface area contributed by atoms with Crippen LogP contribution in [0.5, 0.6) is 0 Å². The average molecular weight is 218 g/mol. The van der Waals surface area contributed by atoms with Gasteiger partial charge in [-0.2, -0.15) is 0 Å². The minimum absolute atomic E-state index is 0.554. The standard InChI is InChI=1S/C12H14N2O2/c1-7-4-5-9-8(6-7)12(2,13)10(15)11(16)14(9)3/h4-6H,13H2,1-3H3. The summed E-state index contributed by atoms with van der Waals surface area (Å²) in [6, 6.07) is 5.57. The number of fused-ring (bicyclic) bond motifs is 1. The topological polar surface area (TPSA) is 63.4 Å². The smallest absolute Gasteiger partial charge is 0.296 e. The van der Waals surface area contributed by atoms with Crippen molar-refractivity contribution in [3.05, 3.63) is 29.3 Å². The summed E-state index contributed by atoms with van der Waals surface area (Å²) in [5.41, 5.74) is 7.18. The van der Waals surface area contributed by atoms with Gasteiger partial charge in [0.2, 0.25) is 5.78 Å². The van der Waals surface area contributed by atoms with E-state index in [0.717, 1.165) is 5.56 Å². The molecule has 2 rings (SSSR count). The van der Waals surface area contributed by atoms with Crippen LogP contribution in [-0.2, 0) is 15.1 Å². The highest BCUT2D eigenvalue weighted by atomic mass is 16.2. The van der Waals surface area contributed by atoms with E-state index in [4.69, 9.17) is 5.73 Å². The number of aryl methyl sites for hydroxylation is 1. The van der Waals surface area contributed by atoms with Crippen LogP contribution in [0.2, 0.25) is 0 Å². The third kappa shape index (κ3) is 1.27. The largest absolute Gasteiger partial charge is 0.315 e. The Hall–Kier alpha value is -1.68. The van der Waals surface area contributed by atoms with Gasteiger partial charge in [-0.3, -0.25) is 9.59 Å². The molecular weight excluding hydrogens is 204 g/mol. The number of anilines is 1. The van der Waals surface area contributed by atoms with Crippen molar-refractivity contribution >= 4 is 17.4 Å². The van der Waals surface area contributed by atoms with E-state index >= 15 is 0 Å². The van der Waals surface area contributed by atoms with E-state index < -0.39 is 17.2 Å². The predicted octanol–water partition coefficient (Wildman–Crippen LogP) is 0.714. The molecule has 1 aromatic rings. The number of hydrogen-bond donors (Lipinski definition) is 1. The van der Waals surface area contributed by atoms with Gasteiger partial charge in [0.05, 0.1) is 0 Å². The number of nitrogens with zero attached hydrogens (tertiary/aromatic N) is 1. The lowest BCUT2D eigenvalue weighted by Gasteiger charge is -2.35. The lowest BCUT2D eigenvalue weighted by Crippen LogP contribution is -2.54. The van der Waals surface area contributed by atoms with Gasteiger partial charge in [0, 0.05) is 18.3 Å². The molecule has 1 amide bonds. The number of Topliss-reactive ketones (excluding diaryl/α,β-unsaturated/α-hetero) is 1. The van der Waals surface area contributed by atoms with Gasteiger partial charge in [0.15, 0.2) is 0 Å². The number of carbonyl (C=O) groups is 2. The Morgan fingerprint density at radius 2 is 1.94 bits per heavy atom. The molecule has 1 heterocycles. The molecule has 0 aromatic heterocycles. The molecule has 0 radical (unpaired) electrons. The highest BCUT2D eigenvalue weighted by Crippen LogP contribution is 2.34. The van der Waals surface area contributed by atoms with Gasteiger partial charge in [-0.15, -0.1) is 0 Å². The molecule has 4 heteroatoms. The molecule has 1 atom stereocenters. The van der Waals surface area contributed by atoms with E-state index in [0.29, 0.717) is 11.3 Å². The summed E-state index contributed by atoms with van der Waals surface area (Å²) in [6.07, 6.45) is 0. The molecule has 0 aliphatic carbocycles. The fourth-order valence-electron chi connectivity index (χ4n) is 1.96. The van der Waals surface area contributed by atoms with Crippen LogP contribution in [0.25, 0.3) is 0 Å². The molecular formula is C12H14N2O2. The Morgan fingerprint density at radius 1 is 1.31 bits per heavy atom. The van der Waals surface area contributed by atoms with Crippen LogP contribution in [0.4, 0.5) is 5.69 Å². The van der Waals surface area contributed by atoms with Gasteiger partial charge in [-0.05, 0) is 19.9 Å². The number of hydrogen-bond acceptors (Lipinski definition) is 3. The summed E-state index contributed by atoms with van der Waals surface area (Å²) in [7, 11) is 1.59. The molecule has 16 heavy (non-hydrogen) atoms. The summed E-state index contributed by atoms with van der Waals surface area (Å²) in [5, 5.41) is 0. The number of benzene rings is 1. The van der Waals surface area contributed by atoms with Gasteiger partial charge in [0.25, 0.3) is 5.91 Å². The predicted molar refractivity (Wildman–Crippen MR) is 61.1 cm³/mol. The molecule has 84 valence electrons. The number of carbonyl (C=O) groups excluding carboxylic acids is 2. The minimum atomic E-state index is -1.22. The van der Waals surface area contributed by atoms with Crippen LogP contribution < -0.4 is 10.6 Å². The molecule has 4 nitrogen and oxygen atoms in total. The maximum absolute atomic E-state index is 11.8. The van der Waals surface area contributed by atoms with Crippen molar-refractivity contribution in [2.75, 3.05) is 11.9 Å². The lowest BCUT2D eigenvalue weighted by molar-refractivity contribution is -0.139. The van der Waals surface area contributed by atoms with Crippen molar-refractivity contribution in [1.82, 2.24) is 0 Å². The summed E-state index contributed by atoms with van der Waals surface area (Å²) >= 11 is 0. The Bertz CT molecular complexity index is 492. The average Bonchev–Trinajstić information content (AvgIpc) is 2.24. The first-order valence-corrected chi connectivity index (χ1v) is 5.08. The zero-order valence-corrected chi connectivity index (χ0v) is 9.57. The Labute approximate surface area is 94.0 Å². The first kappa shape index (κ1) is 10.8. The summed E-state index contributed by atoms with van der Waals surface area (Å²) in [5.74, 6) is -1.12. The molecule has 0 saturated carbocycles. The molecule has 1 aliphatic rings. The van der Waals surface area contributed by atoms with Gasteiger partial charge in [-0.1, -0.05) is 17.7 Å². The van der Waals surface area contributed by atoms with Crippen LogP contribution >= 0.6 is 0 Å². The van der Waals surface area contributed by atoms with Crippen LogP contribution in [0.3, 0.4) is 0 Å². The molecule has 1 aromatic carbocycles. The highest BCUT2D eigenvalue weighted by Gasteiger charge is 2.44. The quantitative estimate of drug-likeness (QED) is 0.652. The van der Waals surface area contributed by atoms with Crippen molar-refractivity contribution in [3.63, 3.8) is 0 Å². The van der Waals surface area contributed by atoms with Gasteiger partial charge in [-0.25, -0.2) is 0 Å². The number of nitrogens with two attached hydrogens (primary N) is 1. The van der Waals surface area contributed by atoms with E-state index in [9.17, 15) is 9.59 Å². The maximum atomic E-state index is 11.8. The fourth-order valence-corrected chi connectivity index (χ4v) is 1.96. The molecule has 1 unspecified atom stereocenters. The lowest BCUT2D eigenvalue weighted by atomic mass is 9.82. The molecule has 0 fully saturated rings. The monoisotopic (exact) mass is 218 g/mol. The van der Waals surface area contributed by atoms with Crippen molar-refractivity contribution in [2.45, 2.75) is 19.4 Å². The molecule has 0 saturated heterocycles. The first-order chi connectivity index (χ1) is 7.35. The van der Waals surface area contributed by atoms with E-state index in [1.165, 1.54) is 4.90 Å². The third-order valence-corrected chi connectivity index (χ3v) is 3.04. The van der Waals surface area contributed by atoms with Crippen LogP contribution in [0, 0.1) is 6.92 Å². The summed E-state index contributed by atoms with van der Waals surface area (Å²) < 4.78 is 0. The van der Waals surface area contributed by atoms with E-state index in [1.54, 1.807) is 14.0 Å². The van der Waals surface area contributed by atoms with E-state index in [1.807, 2.05) is 25.1 Å².